The predicted octanol–water partition coefficient (Wildman–Crippen LogP) is 4.60. The van der Waals surface area contributed by atoms with E-state index in [1.54, 1.807) is 16.7 Å². The highest BCUT2D eigenvalue weighted by atomic mass is 14.3. The first kappa shape index (κ1) is 9.89. The summed E-state index contributed by atoms with van der Waals surface area (Å²) in [5.41, 5.74) is 6.39. The van der Waals surface area contributed by atoms with Crippen molar-refractivity contribution in [1.82, 2.24) is 0 Å². The number of hydrogen-bond acceptors (Lipinski definition) is 0. The number of allylic oxidation sites excluding steroid dienone is 4. The standard InChI is InChI=1S/C16H18/c1-12-10-14-8-5-9-15(16(14)11-12)13-6-3-2-4-7-13/h2-4,6-7,11,15H,5,8-10H2,1H3. The van der Waals surface area contributed by atoms with E-state index >= 15 is 0 Å². The second kappa shape index (κ2) is 3.93. The third-order valence-electron chi connectivity index (χ3n) is 3.85. The number of hydrogen-bond donors (Lipinski definition) is 0. The number of benzene rings is 1. The lowest BCUT2D eigenvalue weighted by Crippen LogP contribution is -2.07. The van der Waals surface area contributed by atoms with Crippen LogP contribution < -0.4 is 0 Å². The molecule has 2 aliphatic rings. The average Bonchev–Trinajstić information content (AvgIpc) is 2.70. The molecule has 0 spiro atoms. The Balaban J connectivity index is 1.99. The molecule has 1 atom stereocenters. The lowest BCUT2D eigenvalue weighted by molar-refractivity contribution is 0.612. The van der Waals surface area contributed by atoms with E-state index in [1.807, 2.05) is 0 Å². The summed E-state index contributed by atoms with van der Waals surface area (Å²) in [6, 6.07) is 11.0. The molecule has 0 aromatic heterocycles. The summed E-state index contributed by atoms with van der Waals surface area (Å²) in [4.78, 5) is 0. The van der Waals surface area contributed by atoms with Crippen molar-refractivity contribution < 1.29 is 0 Å². The van der Waals surface area contributed by atoms with Gasteiger partial charge in [0.25, 0.3) is 0 Å². The fraction of sp³-hybridized carbons (Fsp3) is 0.375. The van der Waals surface area contributed by atoms with E-state index in [-0.39, 0.29) is 0 Å². The molecule has 1 aromatic carbocycles. The molecule has 0 radical (unpaired) electrons. The minimum atomic E-state index is 0.669. The first-order chi connectivity index (χ1) is 7.84. The van der Waals surface area contributed by atoms with Crippen LogP contribution >= 0.6 is 0 Å². The van der Waals surface area contributed by atoms with Gasteiger partial charge in [-0.1, -0.05) is 47.6 Å². The monoisotopic (exact) mass is 210 g/mol. The first-order valence-electron chi connectivity index (χ1n) is 6.28. The van der Waals surface area contributed by atoms with Gasteiger partial charge in [-0.15, -0.1) is 0 Å². The molecule has 0 nitrogen and oxygen atoms in total. The van der Waals surface area contributed by atoms with Gasteiger partial charge >= 0.3 is 0 Å². The SMILES string of the molecule is CC1=CC2=C(CCCC2c2ccccc2)C1. The third-order valence-corrected chi connectivity index (χ3v) is 3.85. The molecule has 0 N–H and O–H groups in total. The Kier molecular flexibility index (Phi) is 2.43. The topological polar surface area (TPSA) is 0 Å². The molecule has 0 amide bonds. The van der Waals surface area contributed by atoms with Gasteiger partial charge in [-0.25, -0.2) is 0 Å². The Morgan fingerprint density at radius 1 is 1.12 bits per heavy atom. The summed E-state index contributed by atoms with van der Waals surface area (Å²) in [5.74, 6) is 0.669. The zero-order valence-electron chi connectivity index (χ0n) is 9.87. The molecular formula is C16H18. The second-order valence-electron chi connectivity index (χ2n) is 5.08. The maximum Gasteiger partial charge on any atom is 0.00891 e. The van der Waals surface area contributed by atoms with Crippen LogP contribution in [0.1, 0.15) is 44.1 Å². The molecule has 0 saturated carbocycles. The van der Waals surface area contributed by atoms with Crippen LogP contribution in [0.3, 0.4) is 0 Å². The maximum atomic E-state index is 2.44. The number of rotatable bonds is 1. The van der Waals surface area contributed by atoms with Crippen LogP contribution in [0.25, 0.3) is 0 Å². The Labute approximate surface area is 97.7 Å². The zero-order chi connectivity index (χ0) is 11.0. The molecule has 2 aliphatic carbocycles. The molecule has 0 heterocycles. The fourth-order valence-electron chi connectivity index (χ4n) is 3.14. The van der Waals surface area contributed by atoms with Crippen molar-refractivity contribution >= 4 is 0 Å². The Morgan fingerprint density at radius 3 is 2.75 bits per heavy atom. The molecule has 0 heteroatoms. The van der Waals surface area contributed by atoms with Crippen molar-refractivity contribution in [2.45, 2.75) is 38.5 Å². The van der Waals surface area contributed by atoms with Gasteiger partial charge in [0, 0.05) is 5.92 Å². The van der Waals surface area contributed by atoms with E-state index in [9.17, 15) is 0 Å². The zero-order valence-corrected chi connectivity index (χ0v) is 9.87. The summed E-state index contributed by atoms with van der Waals surface area (Å²) in [6.45, 7) is 2.26. The van der Waals surface area contributed by atoms with Crippen molar-refractivity contribution in [3.63, 3.8) is 0 Å². The third kappa shape index (κ3) is 1.63. The van der Waals surface area contributed by atoms with Gasteiger partial charge in [-0.3, -0.25) is 0 Å². The van der Waals surface area contributed by atoms with E-state index < -0.39 is 0 Å². The molecule has 3 rings (SSSR count). The van der Waals surface area contributed by atoms with Crippen LogP contribution in [-0.2, 0) is 0 Å². The summed E-state index contributed by atoms with van der Waals surface area (Å²) in [7, 11) is 0. The van der Waals surface area contributed by atoms with E-state index in [4.69, 9.17) is 0 Å². The van der Waals surface area contributed by atoms with Crippen LogP contribution in [0.5, 0.6) is 0 Å². The van der Waals surface area contributed by atoms with Gasteiger partial charge in [0.15, 0.2) is 0 Å². The normalized spacial score (nSPS) is 24.3. The Hall–Kier alpha value is -1.30. The molecule has 0 saturated heterocycles. The van der Waals surface area contributed by atoms with Crippen molar-refractivity contribution in [1.29, 1.82) is 0 Å². The highest BCUT2D eigenvalue weighted by molar-refractivity contribution is 5.46. The largest absolute Gasteiger partial charge is 0.0690 e. The molecule has 0 fully saturated rings. The smallest absolute Gasteiger partial charge is 0.00891 e. The van der Waals surface area contributed by atoms with Crippen LogP contribution in [0.15, 0.2) is 53.1 Å². The summed E-state index contributed by atoms with van der Waals surface area (Å²) in [6.07, 6.45) is 7.68. The summed E-state index contributed by atoms with van der Waals surface area (Å²) in [5, 5.41) is 0. The highest BCUT2D eigenvalue weighted by Crippen LogP contribution is 2.43. The maximum absolute atomic E-state index is 2.44. The van der Waals surface area contributed by atoms with Crippen molar-refractivity contribution in [3.8, 4) is 0 Å². The molecule has 0 aliphatic heterocycles. The minimum Gasteiger partial charge on any atom is -0.0690 e. The lowest BCUT2D eigenvalue weighted by atomic mass is 9.80. The molecule has 16 heavy (non-hydrogen) atoms. The van der Waals surface area contributed by atoms with Crippen molar-refractivity contribution in [2.24, 2.45) is 0 Å². The van der Waals surface area contributed by atoms with E-state index in [0.29, 0.717) is 5.92 Å². The van der Waals surface area contributed by atoms with E-state index in [2.05, 4.69) is 43.3 Å². The second-order valence-corrected chi connectivity index (χ2v) is 5.08. The van der Waals surface area contributed by atoms with Gasteiger partial charge in [-0.2, -0.15) is 0 Å². The summed E-state index contributed by atoms with van der Waals surface area (Å²) >= 11 is 0. The molecule has 82 valence electrons. The summed E-state index contributed by atoms with van der Waals surface area (Å²) < 4.78 is 0. The van der Waals surface area contributed by atoms with Gasteiger partial charge in [0.05, 0.1) is 0 Å². The molecule has 1 unspecified atom stereocenters. The first-order valence-corrected chi connectivity index (χ1v) is 6.28. The van der Waals surface area contributed by atoms with Crippen molar-refractivity contribution in [2.75, 3.05) is 0 Å². The van der Waals surface area contributed by atoms with Gasteiger partial charge in [-0.05, 0) is 43.7 Å². The lowest BCUT2D eigenvalue weighted by Gasteiger charge is -2.24. The van der Waals surface area contributed by atoms with Crippen LogP contribution in [0.2, 0.25) is 0 Å². The minimum absolute atomic E-state index is 0.669. The van der Waals surface area contributed by atoms with Gasteiger partial charge in [0.2, 0.25) is 0 Å². The van der Waals surface area contributed by atoms with E-state index in [0.717, 1.165) is 0 Å². The molecular weight excluding hydrogens is 192 g/mol. The van der Waals surface area contributed by atoms with Crippen molar-refractivity contribution in [3.05, 3.63) is 58.7 Å². The van der Waals surface area contributed by atoms with E-state index in [1.165, 1.54) is 31.2 Å². The highest BCUT2D eigenvalue weighted by Gasteiger charge is 2.25. The Bertz CT molecular complexity index is 448. The van der Waals surface area contributed by atoms with Crippen LogP contribution in [0.4, 0.5) is 0 Å². The van der Waals surface area contributed by atoms with Crippen LogP contribution in [0, 0.1) is 0 Å². The molecule has 0 bridgehead atoms. The molecule has 1 aromatic rings. The Morgan fingerprint density at radius 2 is 1.94 bits per heavy atom. The van der Waals surface area contributed by atoms with Crippen LogP contribution in [-0.4, -0.2) is 0 Å². The van der Waals surface area contributed by atoms with Gasteiger partial charge < -0.3 is 0 Å². The predicted molar refractivity (Wildman–Crippen MR) is 68.4 cm³/mol. The fourth-order valence-corrected chi connectivity index (χ4v) is 3.14. The van der Waals surface area contributed by atoms with Gasteiger partial charge in [0.1, 0.15) is 0 Å². The quantitative estimate of drug-likeness (QED) is 0.635. The average molecular weight is 210 g/mol.